The van der Waals surface area contributed by atoms with Gasteiger partial charge in [0.2, 0.25) is 0 Å². The number of ether oxygens (including phenoxy) is 1. The number of ketones is 1. The van der Waals surface area contributed by atoms with Gasteiger partial charge in [0.25, 0.3) is 0 Å². The molecule has 2 unspecified atom stereocenters. The van der Waals surface area contributed by atoms with Crippen LogP contribution in [0.2, 0.25) is 0 Å². The largest absolute Gasteiger partial charge is 0.573 e. The van der Waals surface area contributed by atoms with E-state index in [9.17, 15) is 18.0 Å². The second kappa shape index (κ2) is 6.15. The first-order valence-corrected chi connectivity index (χ1v) is 7.91. The monoisotopic (exact) mass is 327 g/mol. The van der Waals surface area contributed by atoms with Crippen LogP contribution >= 0.6 is 0 Å². The fourth-order valence-corrected chi connectivity index (χ4v) is 3.87. The quantitative estimate of drug-likeness (QED) is 0.847. The van der Waals surface area contributed by atoms with Crippen molar-refractivity contribution in [2.24, 2.45) is 5.92 Å². The maximum Gasteiger partial charge on any atom is 0.573 e. The van der Waals surface area contributed by atoms with Gasteiger partial charge in [-0.15, -0.1) is 13.2 Å². The molecular weight excluding hydrogens is 307 g/mol. The van der Waals surface area contributed by atoms with Gasteiger partial charge in [-0.2, -0.15) is 0 Å². The predicted octanol–water partition coefficient (Wildman–Crippen LogP) is 3.57. The first kappa shape index (κ1) is 16.3. The molecule has 3 nitrogen and oxygen atoms in total. The Balaban J connectivity index is 1.63. The van der Waals surface area contributed by atoms with Crippen molar-refractivity contribution in [3.05, 3.63) is 29.8 Å². The molecule has 126 valence electrons. The summed E-state index contributed by atoms with van der Waals surface area (Å²) in [5.41, 5.74) is 0.572. The minimum atomic E-state index is -4.71. The number of hydrogen-bond donors (Lipinski definition) is 0. The van der Waals surface area contributed by atoms with Gasteiger partial charge in [0.05, 0.1) is 0 Å². The third-order valence-electron chi connectivity index (χ3n) is 5.06. The minimum Gasteiger partial charge on any atom is -0.406 e. The van der Waals surface area contributed by atoms with Crippen LogP contribution in [0.1, 0.15) is 31.2 Å². The Morgan fingerprint density at radius 3 is 2.52 bits per heavy atom. The number of piperidine rings is 1. The van der Waals surface area contributed by atoms with Gasteiger partial charge in [0.15, 0.2) is 0 Å². The van der Waals surface area contributed by atoms with E-state index in [1.165, 1.54) is 18.2 Å². The molecule has 1 aromatic rings. The summed E-state index contributed by atoms with van der Waals surface area (Å²) < 4.78 is 40.7. The summed E-state index contributed by atoms with van der Waals surface area (Å²) >= 11 is 0. The topological polar surface area (TPSA) is 29.5 Å². The lowest BCUT2D eigenvalue weighted by molar-refractivity contribution is -0.274. The van der Waals surface area contributed by atoms with E-state index in [0.29, 0.717) is 17.6 Å². The number of hydrogen-bond acceptors (Lipinski definition) is 3. The van der Waals surface area contributed by atoms with Crippen LogP contribution in [0.25, 0.3) is 0 Å². The molecule has 0 saturated carbocycles. The number of carbonyl (C=O) groups is 1. The number of alkyl halides is 3. The Morgan fingerprint density at radius 1 is 1.26 bits per heavy atom. The van der Waals surface area contributed by atoms with Crippen LogP contribution in [-0.2, 0) is 11.2 Å². The molecule has 0 N–H and O–H groups in total. The third kappa shape index (κ3) is 3.86. The van der Waals surface area contributed by atoms with Gasteiger partial charge < -0.3 is 9.64 Å². The van der Waals surface area contributed by atoms with Gasteiger partial charge >= 0.3 is 6.36 Å². The molecule has 0 aliphatic carbocycles. The van der Waals surface area contributed by atoms with E-state index in [0.717, 1.165) is 25.7 Å². The number of carbonyl (C=O) groups excluding carboxylic acids is 1. The van der Waals surface area contributed by atoms with Crippen molar-refractivity contribution in [3.8, 4) is 5.75 Å². The first-order chi connectivity index (χ1) is 10.8. The van der Waals surface area contributed by atoms with Crippen LogP contribution in [0.3, 0.4) is 0 Å². The van der Waals surface area contributed by atoms with Crippen LogP contribution in [0.4, 0.5) is 13.2 Å². The Hall–Kier alpha value is -1.56. The zero-order valence-electron chi connectivity index (χ0n) is 13.0. The summed E-state index contributed by atoms with van der Waals surface area (Å²) in [7, 11) is 2.11. The summed E-state index contributed by atoms with van der Waals surface area (Å²) in [4.78, 5) is 14.9. The highest BCUT2D eigenvalue weighted by Gasteiger charge is 2.40. The average molecular weight is 327 g/mol. The second-order valence-corrected chi connectivity index (χ2v) is 6.56. The van der Waals surface area contributed by atoms with Crippen LogP contribution < -0.4 is 4.74 Å². The van der Waals surface area contributed by atoms with E-state index in [1.807, 2.05) is 0 Å². The predicted molar refractivity (Wildman–Crippen MR) is 79.1 cm³/mol. The van der Waals surface area contributed by atoms with Gasteiger partial charge in [0.1, 0.15) is 11.5 Å². The Labute approximate surface area is 133 Å². The number of fused-ring (bicyclic) bond motifs is 2. The summed E-state index contributed by atoms with van der Waals surface area (Å²) in [6, 6.07) is 6.66. The summed E-state index contributed by atoms with van der Waals surface area (Å²) in [6.45, 7) is 0. The normalized spacial score (nSPS) is 27.9. The lowest BCUT2D eigenvalue weighted by Crippen LogP contribution is -2.42. The van der Waals surface area contributed by atoms with Gasteiger partial charge in [-0.05, 0) is 50.4 Å². The molecule has 2 fully saturated rings. The molecule has 2 saturated heterocycles. The maximum absolute atomic E-state index is 12.5. The molecule has 23 heavy (non-hydrogen) atoms. The highest BCUT2D eigenvalue weighted by atomic mass is 19.4. The Kier molecular flexibility index (Phi) is 4.36. The van der Waals surface area contributed by atoms with Crippen molar-refractivity contribution >= 4 is 5.78 Å². The van der Waals surface area contributed by atoms with E-state index in [1.54, 1.807) is 6.07 Å². The Bertz CT molecular complexity index is 573. The van der Waals surface area contributed by atoms with Crippen molar-refractivity contribution in [2.45, 2.75) is 50.6 Å². The first-order valence-electron chi connectivity index (χ1n) is 7.91. The molecule has 0 radical (unpaired) electrons. The molecule has 2 heterocycles. The number of halogens is 3. The number of nitrogens with zero attached hydrogens (tertiary/aromatic N) is 1. The molecule has 0 aromatic heterocycles. The SMILES string of the molecule is CN1C2CCC1CC(C(=O)Cc1cccc(OC(F)(F)F)c1)C2. The van der Waals surface area contributed by atoms with Gasteiger partial charge in [-0.1, -0.05) is 12.1 Å². The standard InChI is InChI=1S/C17H20F3NO2/c1-21-13-5-6-14(21)10-12(9-13)16(22)8-11-3-2-4-15(7-11)23-17(18,19)20/h2-4,7,12-14H,5-6,8-10H2,1H3. The molecule has 1 aromatic carbocycles. The molecule has 2 aliphatic rings. The summed E-state index contributed by atoms with van der Waals surface area (Å²) in [5.74, 6) is -0.124. The number of Topliss-reactive ketones (excluding diaryl/α,β-unsaturated/α-hetero) is 1. The van der Waals surface area contributed by atoms with E-state index < -0.39 is 6.36 Å². The zero-order valence-corrected chi connectivity index (χ0v) is 13.0. The highest BCUT2D eigenvalue weighted by Crippen LogP contribution is 2.38. The molecule has 2 aliphatic heterocycles. The maximum atomic E-state index is 12.5. The smallest absolute Gasteiger partial charge is 0.406 e. The van der Waals surface area contributed by atoms with E-state index >= 15 is 0 Å². The van der Waals surface area contributed by atoms with Gasteiger partial charge in [0, 0.05) is 24.4 Å². The van der Waals surface area contributed by atoms with E-state index in [4.69, 9.17) is 0 Å². The molecule has 3 rings (SSSR count). The zero-order chi connectivity index (χ0) is 16.6. The van der Waals surface area contributed by atoms with Crippen LogP contribution in [0.5, 0.6) is 5.75 Å². The van der Waals surface area contributed by atoms with Crippen molar-refractivity contribution in [1.82, 2.24) is 4.90 Å². The Morgan fingerprint density at radius 2 is 1.91 bits per heavy atom. The lowest BCUT2D eigenvalue weighted by atomic mass is 9.85. The molecular formula is C17H20F3NO2. The molecule has 6 heteroatoms. The fourth-order valence-electron chi connectivity index (χ4n) is 3.87. The average Bonchev–Trinajstić information content (AvgIpc) is 2.68. The van der Waals surface area contributed by atoms with Gasteiger partial charge in [-0.3, -0.25) is 4.79 Å². The van der Waals surface area contributed by atoms with Crippen LogP contribution in [0, 0.1) is 5.92 Å². The molecule has 2 atom stereocenters. The van der Waals surface area contributed by atoms with E-state index in [2.05, 4.69) is 16.7 Å². The fraction of sp³-hybridized carbons (Fsp3) is 0.588. The summed E-state index contributed by atoms with van der Waals surface area (Å²) in [5, 5.41) is 0. The third-order valence-corrected chi connectivity index (χ3v) is 5.06. The highest BCUT2D eigenvalue weighted by molar-refractivity contribution is 5.83. The van der Waals surface area contributed by atoms with Crippen molar-refractivity contribution in [1.29, 1.82) is 0 Å². The summed E-state index contributed by atoms with van der Waals surface area (Å²) in [6.07, 6.45) is -0.534. The minimum absolute atomic E-state index is 0.0240. The van der Waals surface area contributed by atoms with Crippen molar-refractivity contribution < 1.29 is 22.7 Å². The molecule has 0 spiro atoms. The lowest BCUT2D eigenvalue weighted by Gasteiger charge is -2.35. The number of benzene rings is 1. The second-order valence-electron chi connectivity index (χ2n) is 6.56. The van der Waals surface area contributed by atoms with Crippen molar-refractivity contribution in [3.63, 3.8) is 0 Å². The van der Waals surface area contributed by atoms with Crippen LogP contribution in [0.15, 0.2) is 24.3 Å². The van der Waals surface area contributed by atoms with Crippen molar-refractivity contribution in [2.75, 3.05) is 7.05 Å². The van der Waals surface area contributed by atoms with Crippen LogP contribution in [-0.4, -0.2) is 36.2 Å². The molecule has 2 bridgehead atoms. The van der Waals surface area contributed by atoms with E-state index in [-0.39, 0.29) is 23.9 Å². The van der Waals surface area contributed by atoms with Gasteiger partial charge in [-0.25, -0.2) is 0 Å². The number of rotatable bonds is 4. The molecule has 0 amide bonds.